The van der Waals surface area contributed by atoms with E-state index in [1.165, 1.54) is 92.2 Å². The van der Waals surface area contributed by atoms with E-state index in [2.05, 4.69) is 54.2 Å². The molecular formula is C80H82Cl8N16O13. The van der Waals surface area contributed by atoms with Gasteiger partial charge in [0.05, 0.1) is 128 Å². The minimum atomic E-state index is -1.63. The molecule has 4 aliphatic heterocycles. The van der Waals surface area contributed by atoms with E-state index in [1.807, 2.05) is 56.4 Å². The highest BCUT2D eigenvalue weighted by Gasteiger charge is 2.38. The van der Waals surface area contributed by atoms with Crippen molar-refractivity contribution < 1.29 is 62.6 Å². The number of aromatic nitrogens is 4. The highest BCUT2D eigenvalue weighted by molar-refractivity contribution is 6.44. The van der Waals surface area contributed by atoms with Gasteiger partial charge in [0.25, 0.3) is 0 Å². The van der Waals surface area contributed by atoms with E-state index < -0.39 is 70.9 Å². The molecule has 4 aliphatic rings. The summed E-state index contributed by atoms with van der Waals surface area (Å²) in [6.07, 6.45) is 17.6. The zero-order chi connectivity index (χ0) is 85.6. The van der Waals surface area contributed by atoms with Crippen LogP contribution in [0.25, 0.3) is 0 Å². The highest BCUT2D eigenvalue weighted by atomic mass is 35.5. The summed E-state index contributed by atoms with van der Waals surface area (Å²) in [5, 5.41) is 25.1. The van der Waals surface area contributed by atoms with Crippen molar-refractivity contribution in [1.29, 1.82) is 0 Å². The number of rotatable bonds is 12. The average molecular weight is 1760 g/mol. The number of hydrogen-bond donors (Lipinski definition) is 10. The third-order valence-corrected chi connectivity index (χ3v) is 22.1. The summed E-state index contributed by atoms with van der Waals surface area (Å²) in [5.74, 6) is -8.48. The van der Waals surface area contributed by atoms with Gasteiger partial charge in [0.15, 0.2) is 0 Å². The number of carboxylic acid groups (broad SMARTS) is 1. The van der Waals surface area contributed by atoms with Gasteiger partial charge in [-0.3, -0.25) is 72.7 Å². The second-order valence-electron chi connectivity index (χ2n) is 28.2. The molecule has 37 heteroatoms. The number of nitrogens with zero attached hydrogens (tertiary/aromatic N) is 7. The topological polar surface area (TPSA) is 451 Å². The summed E-state index contributed by atoms with van der Waals surface area (Å²) < 4.78 is 0. The normalized spacial score (nSPS) is 18.7. The van der Waals surface area contributed by atoms with Crippen molar-refractivity contribution in [1.82, 2.24) is 40.0 Å². The first-order chi connectivity index (χ1) is 55.4. The lowest BCUT2D eigenvalue weighted by Gasteiger charge is -2.38. The Hall–Kier alpha value is -10.6. The van der Waals surface area contributed by atoms with Crippen molar-refractivity contribution in [3.8, 4) is 0 Å². The van der Waals surface area contributed by atoms with Gasteiger partial charge < -0.3 is 69.3 Å². The molecule has 8 aromatic rings. The Kier molecular flexibility index (Phi) is 33.8. The minimum absolute atomic E-state index is 0.0817. The number of carboxylic acids is 1. The van der Waals surface area contributed by atoms with Crippen LogP contribution < -0.4 is 49.5 Å². The summed E-state index contributed by atoms with van der Waals surface area (Å²) >= 11 is 48.3. The molecule has 8 atom stereocenters. The number of hydrogen-bond acceptors (Lipinski definition) is 17. The maximum absolute atomic E-state index is 12.9. The fourth-order valence-corrected chi connectivity index (χ4v) is 14.3. The number of likely N-dealkylation sites (tertiary alicyclic amines) is 3. The van der Waals surface area contributed by atoms with Crippen LogP contribution in [0.4, 0.5) is 22.7 Å². The lowest BCUT2D eigenvalue weighted by atomic mass is 9.90. The molecule has 4 fully saturated rings. The van der Waals surface area contributed by atoms with E-state index in [0.29, 0.717) is 85.1 Å². The number of pyridine rings is 4. The van der Waals surface area contributed by atoms with Gasteiger partial charge in [-0.1, -0.05) is 145 Å². The molecule has 0 radical (unpaired) electrons. The first-order valence-electron chi connectivity index (χ1n) is 36.4. The van der Waals surface area contributed by atoms with Crippen molar-refractivity contribution in [3.63, 3.8) is 0 Å². The van der Waals surface area contributed by atoms with Gasteiger partial charge in [-0.05, 0) is 177 Å². The molecule has 4 aromatic carbocycles. The van der Waals surface area contributed by atoms with Gasteiger partial charge in [0.2, 0.25) is 23.6 Å². The number of carbonyl (C=O) groups excluding carboxylic acids is 11. The molecule has 29 nitrogen and oxygen atoms in total. The molecule has 8 heterocycles. The first-order valence-corrected chi connectivity index (χ1v) is 39.4. The van der Waals surface area contributed by atoms with E-state index in [0.717, 1.165) is 48.4 Å². The number of anilines is 4. The van der Waals surface area contributed by atoms with Crippen LogP contribution in [0.1, 0.15) is 167 Å². The van der Waals surface area contributed by atoms with E-state index in [1.54, 1.807) is 51.1 Å². The van der Waals surface area contributed by atoms with Crippen molar-refractivity contribution in [2.24, 2.45) is 46.6 Å². The summed E-state index contributed by atoms with van der Waals surface area (Å²) in [4.78, 5) is 162. The summed E-state index contributed by atoms with van der Waals surface area (Å²) in [5.41, 5.74) is 25.6. The van der Waals surface area contributed by atoms with Crippen LogP contribution in [0.2, 0.25) is 40.2 Å². The number of benzene rings is 4. The maximum atomic E-state index is 12.9. The SMILES string of the molecule is C[C@@H]1CC[C@@H](c2ccc(Cl)c(Cl)c2)N(C(=O)C(=O)Nc2cncc(C(N)=O)c2)C1.C[C@@H]1CC[C@@H](c2ccc(Cl)c(Cl)c2)N(C(=O)C(=O)Nc2cncc(C(N)=O)c2)C1.C[C@@H]1CC[C@@H](c2ccc(Cl)c(Cl)c2)NC1.C[C@H]1CC[C@H](c2ccc(Cl)c(Cl)c2)N(C(=O)C(=O)Nc2cncc(C(N)=O)c2)C1.NC(=O)c1cncc(NC(=O)C(=O)O)c1. The predicted molar refractivity (Wildman–Crippen MR) is 447 cm³/mol. The number of primary amides is 4. The number of carbonyl (C=O) groups is 12. The molecule has 0 saturated carbocycles. The molecule has 12 rings (SSSR count). The number of aliphatic carboxylic acids is 1. The van der Waals surface area contributed by atoms with Crippen LogP contribution in [0.5, 0.6) is 0 Å². The monoisotopic (exact) mass is 1750 g/mol. The molecule has 0 aliphatic carbocycles. The average Bonchev–Trinajstić information content (AvgIpc) is 0.807. The summed E-state index contributed by atoms with van der Waals surface area (Å²) in [7, 11) is 0. The Morgan fingerprint density at radius 3 is 0.846 bits per heavy atom. The molecule has 14 N–H and O–H groups in total. The molecule has 0 bridgehead atoms. The van der Waals surface area contributed by atoms with E-state index in [-0.39, 0.29) is 80.9 Å². The molecular weight excluding hydrogens is 1680 g/mol. The smallest absolute Gasteiger partial charge is 0.394 e. The zero-order valence-corrected chi connectivity index (χ0v) is 69.3. The van der Waals surface area contributed by atoms with Gasteiger partial charge in [-0.15, -0.1) is 0 Å². The Bertz CT molecular complexity index is 4690. The molecule has 0 unspecified atom stereocenters. The van der Waals surface area contributed by atoms with Crippen LogP contribution in [-0.2, 0) is 38.4 Å². The predicted octanol–water partition coefficient (Wildman–Crippen LogP) is 13.5. The highest BCUT2D eigenvalue weighted by Crippen LogP contribution is 2.40. The van der Waals surface area contributed by atoms with E-state index in [9.17, 15) is 57.5 Å². The van der Waals surface area contributed by atoms with Gasteiger partial charge >= 0.3 is 47.3 Å². The van der Waals surface area contributed by atoms with E-state index >= 15 is 0 Å². The molecule has 616 valence electrons. The van der Waals surface area contributed by atoms with Crippen molar-refractivity contribution >= 4 is 187 Å². The van der Waals surface area contributed by atoms with Crippen LogP contribution in [0.3, 0.4) is 0 Å². The molecule has 0 spiro atoms. The number of nitrogens with one attached hydrogen (secondary N) is 5. The van der Waals surface area contributed by atoms with Gasteiger partial charge in [-0.2, -0.15) is 0 Å². The molecule has 117 heavy (non-hydrogen) atoms. The fourth-order valence-electron chi connectivity index (χ4n) is 13.0. The lowest BCUT2D eigenvalue weighted by Crippen LogP contribution is -2.46. The number of piperidine rings is 4. The second-order valence-corrected chi connectivity index (χ2v) is 31.5. The van der Waals surface area contributed by atoms with Crippen LogP contribution >= 0.6 is 92.8 Å². The summed E-state index contributed by atoms with van der Waals surface area (Å²) in [6.45, 7) is 10.8. The van der Waals surface area contributed by atoms with Crippen LogP contribution in [0, 0.1) is 23.7 Å². The molecule has 4 saturated heterocycles. The zero-order valence-electron chi connectivity index (χ0n) is 63.3. The Balaban J connectivity index is 0.000000187. The maximum Gasteiger partial charge on any atom is 0.394 e. The Morgan fingerprint density at radius 2 is 0.598 bits per heavy atom. The Labute approximate surface area is 712 Å². The Morgan fingerprint density at radius 1 is 0.342 bits per heavy atom. The van der Waals surface area contributed by atoms with Crippen LogP contribution in [0.15, 0.2) is 147 Å². The largest absolute Gasteiger partial charge is 0.474 e. The summed E-state index contributed by atoms with van der Waals surface area (Å²) in [6, 6.07) is 26.5. The van der Waals surface area contributed by atoms with Crippen LogP contribution in [-0.4, -0.2) is 137 Å². The minimum Gasteiger partial charge on any atom is -0.474 e. The second kappa shape index (κ2) is 43.0. The molecule has 4 aromatic heterocycles. The number of amides is 11. The van der Waals surface area contributed by atoms with Gasteiger partial charge in [0.1, 0.15) is 0 Å². The lowest BCUT2D eigenvalue weighted by molar-refractivity contribution is -0.147. The molecule has 11 amide bonds. The third kappa shape index (κ3) is 26.5. The quantitative estimate of drug-likeness (QED) is 0.0508. The van der Waals surface area contributed by atoms with Crippen molar-refractivity contribution in [3.05, 3.63) is 231 Å². The van der Waals surface area contributed by atoms with Crippen molar-refractivity contribution in [2.45, 2.75) is 103 Å². The third-order valence-electron chi connectivity index (χ3n) is 19.1. The first kappa shape index (κ1) is 91.9. The van der Waals surface area contributed by atoms with Crippen molar-refractivity contribution in [2.75, 3.05) is 47.4 Å². The number of halogens is 8. The van der Waals surface area contributed by atoms with E-state index in [4.69, 9.17) is 121 Å². The fraction of sp³-hybridized carbons (Fsp3) is 0.300. The van der Waals surface area contributed by atoms with Gasteiger partial charge in [-0.25, -0.2) is 4.79 Å². The number of nitrogens with two attached hydrogens (primary N) is 4. The standard InChI is InChI=1S/3C20H20Cl2N4O3.C12H15Cl2N.C8H7N3O4/c3*1-11-2-5-17(12-3-4-15(21)16(22)7-12)26(10-11)20(29)19(28)25-14-6-13(18(23)27)8-24-9-14;1-8-2-5-12(15-7-8)9-3-4-10(13)11(14)6-9;9-6(12)4-1-5(3-10-2-4)11-7(13)8(14)15/h3*3-4,6-9,11,17H,2,5,10H2,1H3,(H2,23,27)(H,25,28);3-4,6,8,12,15H,2,5,7H2,1H3;1-3H,(H2,9,12)(H,11,13)(H,14,15)/t3*11-,17+;8-,12+;/m1101./s1. The van der Waals surface area contributed by atoms with Gasteiger partial charge in [0, 0.05) is 50.5 Å².